The maximum Gasteiger partial charge on any atom is 0.145 e. The van der Waals surface area contributed by atoms with Gasteiger partial charge in [0, 0.05) is 22.4 Å². The summed E-state index contributed by atoms with van der Waals surface area (Å²) < 4.78 is 6.81. The van der Waals surface area contributed by atoms with Gasteiger partial charge >= 0.3 is 0 Å². The standard InChI is InChI=1S/C23H22N2.C22H20N2.C19H14N2/c1-17(2)16-19-12-6-8-14-21(19)25-22-15-9-7-13-20(22)24-23(25)18-10-4-3-5-11-18;1-16(2)18-12-6-8-14-20(18)24-21-15-9-7-13-19(21)23-22(24)17-10-4-3-5-11-17;1-3-9-15(10-4-1)19-20-17-13-7-8-14-18(17)21(19)16-11-5-2-6-12-16/h3-15,17H,16H2,1-2H3;3-16H,1-2H3;1-14H. The van der Waals surface area contributed by atoms with Crippen molar-refractivity contribution in [3.63, 3.8) is 0 Å². The molecule has 0 N–H and O–H groups in total. The Balaban J connectivity index is 0.000000122. The van der Waals surface area contributed by atoms with Crippen molar-refractivity contribution in [2.45, 2.75) is 40.0 Å². The zero-order chi connectivity index (χ0) is 47.8. The average molecular weight is 909 g/mol. The molecule has 0 fully saturated rings. The molecule has 6 heteroatoms. The normalized spacial score (nSPS) is 11.2. The lowest BCUT2D eigenvalue weighted by Gasteiger charge is -2.16. The van der Waals surface area contributed by atoms with Gasteiger partial charge in [-0.05, 0) is 90.0 Å². The molecule has 0 aliphatic heterocycles. The van der Waals surface area contributed by atoms with Gasteiger partial charge in [-0.25, -0.2) is 15.0 Å². The molecule has 342 valence electrons. The Morgan fingerprint density at radius 3 is 1.13 bits per heavy atom. The summed E-state index contributed by atoms with van der Waals surface area (Å²) in [6, 6.07) is 83.8. The van der Waals surface area contributed by atoms with Gasteiger partial charge in [0.1, 0.15) is 17.5 Å². The van der Waals surface area contributed by atoms with Crippen LogP contribution in [-0.4, -0.2) is 28.7 Å². The topological polar surface area (TPSA) is 53.5 Å². The van der Waals surface area contributed by atoms with E-state index in [-0.39, 0.29) is 0 Å². The van der Waals surface area contributed by atoms with Crippen molar-refractivity contribution in [1.82, 2.24) is 28.7 Å². The molecule has 0 aliphatic carbocycles. The highest BCUT2D eigenvalue weighted by molar-refractivity contribution is 5.86. The number of hydrogen-bond donors (Lipinski definition) is 0. The summed E-state index contributed by atoms with van der Waals surface area (Å²) >= 11 is 0. The molecule has 0 bridgehead atoms. The predicted molar refractivity (Wildman–Crippen MR) is 292 cm³/mol. The molecular weight excluding hydrogens is 853 g/mol. The third-order valence-electron chi connectivity index (χ3n) is 12.5. The molecule has 0 saturated heterocycles. The number of fused-ring (bicyclic) bond motifs is 3. The largest absolute Gasteiger partial charge is 0.292 e. The highest BCUT2D eigenvalue weighted by atomic mass is 15.1. The molecule has 9 aromatic carbocycles. The van der Waals surface area contributed by atoms with Crippen LogP contribution < -0.4 is 0 Å². The van der Waals surface area contributed by atoms with Crippen molar-refractivity contribution in [3.05, 3.63) is 254 Å². The zero-order valence-electron chi connectivity index (χ0n) is 40.1. The van der Waals surface area contributed by atoms with Gasteiger partial charge < -0.3 is 0 Å². The molecule has 3 aromatic heterocycles. The fourth-order valence-corrected chi connectivity index (χ4v) is 9.27. The van der Waals surface area contributed by atoms with Crippen LogP contribution in [0, 0.1) is 5.92 Å². The van der Waals surface area contributed by atoms with E-state index in [4.69, 9.17) is 15.0 Å². The molecule has 6 nitrogen and oxygen atoms in total. The van der Waals surface area contributed by atoms with Gasteiger partial charge in [0.2, 0.25) is 0 Å². The van der Waals surface area contributed by atoms with E-state index in [1.54, 1.807) is 0 Å². The second-order valence-corrected chi connectivity index (χ2v) is 18.2. The maximum absolute atomic E-state index is 4.94. The highest BCUT2D eigenvalue weighted by Crippen LogP contribution is 2.34. The van der Waals surface area contributed by atoms with Gasteiger partial charge in [-0.3, -0.25) is 13.7 Å². The first kappa shape index (κ1) is 45.2. The van der Waals surface area contributed by atoms with Gasteiger partial charge in [0.05, 0.1) is 44.5 Å². The predicted octanol–water partition coefficient (Wildman–Crippen LogP) is 16.4. The molecule has 0 radical (unpaired) electrons. The van der Waals surface area contributed by atoms with Crippen LogP contribution in [0.4, 0.5) is 0 Å². The second kappa shape index (κ2) is 20.7. The van der Waals surface area contributed by atoms with E-state index in [0.29, 0.717) is 11.8 Å². The summed E-state index contributed by atoms with van der Waals surface area (Å²) in [7, 11) is 0. The number of rotatable bonds is 9. The van der Waals surface area contributed by atoms with Crippen LogP contribution in [0.15, 0.2) is 243 Å². The molecule has 0 saturated carbocycles. The molecule has 12 rings (SSSR count). The minimum atomic E-state index is 0.450. The number of imidazole rings is 3. The fraction of sp³-hybridized carbons (Fsp3) is 0.109. The smallest absolute Gasteiger partial charge is 0.145 e. The summed E-state index contributed by atoms with van der Waals surface area (Å²) in [4.78, 5) is 14.7. The lowest BCUT2D eigenvalue weighted by atomic mass is 10.0. The molecule has 0 spiro atoms. The summed E-state index contributed by atoms with van der Waals surface area (Å²) in [5, 5.41) is 0. The van der Waals surface area contributed by atoms with E-state index in [0.717, 1.165) is 79.4 Å². The van der Waals surface area contributed by atoms with Crippen molar-refractivity contribution in [3.8, 4) is 51.2 Å². The second-order valence-electron chi connectivity index (χ2n) is 18.2. The Bertz CT molecular complexity index is 3620. The number of para-hydroxylation sites is 9. The fourth-order valence-electron chi connectivity index (χ4n) is 9.27. The van der Waals surface area contributed by atoms with Crippen molar-refractivity contribution >= 4 is 33.1 Å². The Morgan fingerprint density at radius 1 is 0.329 bits per heavy atom. The van der Waals surface area contributed by atoms with Crippen molar-refractivity contribution in [2.24, 2.45) is 5.92 Å². The van der Waals surface area contributed by atoms with Crippen molar-refractivity contribution in [2.75, 3.05) is 0 Å². The molecule has 70 heavy (non-hydrogen) atoms. The van der Waals surface area contributed by atoms with E-state index in [1.165, 1.54) is 22.5 Å². The molecular formula is C64H56N6. The summed E-state index contributed by atoms with van der Waals surface area (Å²) in [5.74, 6) is 4.02. The van der Waals surface area contributed by atoms with Crippen LogP contribution in [0.3, 0.4) is 0 Å². The average Bonchev–Trinajstić information content (AvgIpc) is 4.13. The number of hydrogen-bond acceptors (Lipinski definition) is 3. The quantitative estimate of drug-likeness (QED) is 0.145. The SMILES string of the molecule is CC(C)Cc1ccccc1-n1c(-c2ccccc2)nc2ccccc21.CC(C)c1ccccc1-n1c(-c2ccccc2)nc2ccccc21.c1ccc(-c2nc3ccccc3n2-c2ccccc2)cc1. The van der Waals surface area contributed by atoms with Crippen LogP contribution in [-0.2, 0) is 6.42 Å². The Hall–Kier alpha value is -8.61. The first-order valence-corrected chi connectivity index (χ1v) is 24.2. The van der Waals surface area contributed by atoms with Crippen LogP contribution >= 0.6 is 0 Å². The molecule has 0 aliphatic rings. The monoisotopic (exact) mass is 908 g/mol. The van der Waals surface area contributed by atoms with Crippen LogP contribution in [0.5, 0.6) is 0 Å². The minimum absolute atomic E-state index is 0.450. The lowest BCUT2D eigenvalue weighted by Crippen LogP contribution is -2.04. The summed E-state index contributed by atoms with van der Waals surface area (Å²) in [6.45, 7) is 9.00. The maximum atomic E-state index is 4.94. The minimum Gasteiger partial charge on any atom is -0.292 e. The molecule has 0 amide bonds. The van der Waals surface area contributed by atoms with Crippen molar-refractivity contribution < 1.29 is 0 Å². The molecule has 0 unspecified atom stereocenters. The van der Waals surface area contributed by atoms with E-state index in [2.05, 4.69) is 236 Å². The summed E-state index contributed by atoms with van der Waals surface area (Å²) in [5.41, 5.74) is 16.1. The summed E-state index contributed by atoms with van der Waals surface area (Å²) in [6.07, 6.45) is 1.05. The lowest BCUT2D eigenvalue weighted by molar-refractivity contribution is 0.645. The highest BCUT2D eigenvalue weighted by Gasteiger charge is 2.19. The van der Waals surface area contributed by atoms with Gasteiger partial charge in [-0.1, -0.05) is 210 Å². The number of nitrogens with zero attached hydrogens (tertiary/aromatic N) is 6. The molecule has 3 heterocycles. The first-order valence-electron chi connectivity index (χ1n) is 24.2. The molecule has 0 atom stereocenters. The van der Waals surface area contributed by atoms with Gasteiger partial charge in [0.15, 0.2) is 0 Å². The van der Waals surface area contributed by atoms with Crippen molar-refractivity contribution in [1.29, 1.82) is 0 Å². The Kier molecular flexibility index (Phi) is 13.4. The van der Waals surface area contributed by atoms with Crippen LogP contribution in [0.2, 0.25) is 0 Å². The van der Waals surface area contributed by atoms with E-state index < -0.39 is 0 Å². The van der Waals surface area contributed by atoms with Gasteiger partial charge in [-0.15, -0.1) is 0 Å². The van der Waals surface area contributed by atoms with E-state index >= 15 is 0 Å². The van der Waals surface area contributed by atoms with E-state index in [1.807, 2.05) is 48.5 Å². The Labute approximate surface area is 410 Å². The van der Waals surface area contributed by atoms with Crippen LogP contribution in [0.25, 0.3) is 84.3 Å². The number of aromatic nitrogens is 6. The molecule has 12 aromatic rings. The zero-order valence-corrected chi connectivity index (χ0v) is 40.1. The third-order valence-corrected chi connectivity index (χ3v) is 12.5. The van der Waals surface area contributed by atoms with Gasteiger partial charge in [0.25, 0.3) is 0 Å². The van der Waals surface area contributed by atoms with Crippen LogP contribution in [0.1, 0.15) is 44.7 Å². The first-order chi connectivity index (χ1) is 34.4. The van der Waals surface area contributed by atoms with Gasteiger partial charge in [-0.2, -0.15) is 0 Å². The Morgan fingerprint density at radius 2 is 0.671 bits per heavy atom. The number of benzene rings is 9. The van der Waals surface area contributed by atoms with E-state index in [9.17, 15) is 0 Å². The third kappa shape index (κ3) is 9.45.